The fourth-order valence-corrected chi connectivity index (χ4v) is 1.75. The van der Waals surface area contributed by atoms with Crippen LogP contribution in [0.25, 0.3) is 0 Å². The minimum Gasteiger partial charge on any atom is -0.481 e. The smallest absolute Gasteiger partial charge is 0.305 e. The van der Waals surface area contributed by atoms with E-state index in [1.165, 1.54) is 0 Å². The number of carbonyl (C=O) groups is 1. The fraction of sp³-hybridized carbons (Fsp3) is 0.273. The summed E-state index contributed by atoms with van der Waals surface area (Å²) >= 11 is 11.9. The molecule has 0 aliphatic rings. The lowest BCUT2D eigenvalue weighted by Gasteiger charge is -2.22. The zero-order valence-electron chi connectivity index (χ0n) is 8.86. The van der Waals surface area contributed by atoms with Crippen molar-refractivity contribution in [2.24, 2.45) is 0 Å². The third-order valence-electron chi connectivity index (χ3n) is 2.13. The molecule has 1 N–H and O–H groups in total. The number of hydrogen-bond acceptors (Lipinski definition) is 3. The molecule has 0 saturated heterocycles. The first kappa shape index (κ1) is 13.6. The number of nitriles is 1. The Bertz CT molecular complexity index is 457. The molecular weight excluding hydrogens is 263 g/mol. The molecule has 17 heavy (non-hydrogen) atoms. The van der Waals surface area contributed by atoms with Crippen LogP contribution in [0.2, 0.25) is 10.0 Å². The summed E-state index contributed by atoms with van der Waals surface area (Å²) in [7, 11) is 0. The Balaban J connectivity index is 2.93. The zero-order valence-corrected chi connectivity index (χ0v) is 10.4. The molecule has 1 rings (SSSR count). The van der Waals surface area contributed by atoms with Crippen LogP contribution in [0.15, 0.2) is 18.2 Å². The number of nitrogens with zero attached hydrogens (tertiary/aromatic N) is 2. The standard InChI is InChI=1S/C11H10Cl2N2O2/c12-8-2-1-3-9(11(8)13)15(7-5-14)6-4-10(16)17/h1-3H,4,6-7H2,(H,16,17). The van der Waals surface area contributed by atoms with E-state index in [-0.39, 0.29) is 19.5 Å². The van der Waals surface area contributed by atoms with Gasteiger partial charge < -0.3 is 10.0 Å². The van der Waals surface area contributed by atoms with Gasteiger partial charge in [0.2, 0.25) is 0 Å². The van der Waals surface area contributed by atoms with Crippen LogP contribution in [0.3, 0.4) is 0 Å². The van der Waals surface area contributed by atoms with Crippen molar-refractivity contribution in [3.8, 4) is 6.07 Å². The van der Waals surface area contributed by atoms with Gasteiger partial charge in [-0.2, -0.15) is 5.26 Å². The molecule has 0 aliphatic carbocycles. The van der Waals surface area contributed by atoms with Crippen molar-refractivity contribution in [3.05, 3.63) is 28.2 Å². The van der Waals surface area contributed by atoms with Gasteiger partial charge in [-0.25, -0.2) is 0 Å². The molecule has 4 nitrogen and oxygen atoms in total. The number of aliphatic carboxylic acids is 1. The third-order valence-corrected chi connectivity index (χ3v) is 2.94. The Labute approximate surface area is 109 Å². The van der Waals surface area contributed by atoms with Crippen LogP contribution in [-0.4, -0.2) is 24.2 Å². The van der Waals surface area contributed by atoms with Gasteiger partial charge in [-0.1, -0.05) is 29.3 Å². The summed E-state index contributed by atoms with van der Waals surface area (Å²) in [5, 5.41) is 18.0. The number of rotatable bonds is 5. The van der Waals surface area contributed by atoms with E-state index in [1.807, 2.05) is 6.07 Å². The highest BCUT2D eigenvalue weighted by Gasteiger charge is 2.13. The van der Waals surface area contributed by atoms with Crippen molar-refractivity contribution >= 4 is 34.9 Å². The lowest BCUT2D eigenvalue weighted by molar-refractivity contribution is -0.136. The van der Waals surface area contributed by atoms with Crippen LogP contribution in [0, 0.1) is 11.3 Å². The van der Waals surface area contributed by atoms with Crippen LogP contribution >= 0.6 is 23.2 Å². The first-order valence-corrected chi connectivity index (χ1v) is 5.59. The zero-order chi connectivity index (χ0) is 12.8. The Hall–Kier alpha value is -1.44. The second kappa shape index (κ2) is 6.33. The van der Waals surface area contributed by atoms with Crippen molar-refractivity contribution in [2.45, 2.75) is 6.42 Å². The number of carboxylic acids is 1. The second-order valence-corrected chi connectivity index (χ2v) is 4.08. The van der Waals surface area contributed by atoms with Crippen LogP contribution in [0.1, 0.15) is 6.42 Å². The van der Waals surface area contributed by atoms with E-state index < -0.39 is 5.97 Å². The Kier molecular flexibility index (Phi) is 5.08. The van der Waals surface area contributed by atoms with E-state index in [1.54, 1.807) is 23.1 Å². The Morgan fingerprint density at radius 1 is 1.47 bits per heavy atom. The maximum absolute atomic E-state index is 10.5. The molecule has 1 aromatic rings. The van der Waals surface area contributed by atoms with Crippen LogP contribution in [0.4, 0.5) is 5.69 Å². The van der Waals surface area contributed by atoms with Crippen molar-refractivity contribution in [1.82, 2.24) is 0 Å². The summed E-state index contributed by atoms with van der Waals surface area (Å²) in [6.07, 6.45) is -0.0650. The van der Waals surface area contributed by atoms with E-state index in [0.29, 0.717) is 15.7 Å². The molecule has 0 aromatic heterocycles. The summed E-state index contributed by atoms with van der Waals surface area (Å²) in [6.45, 7) is 0.274. The number of carboxylic acid groups (broad SMARTS) is 1. The highest BCUT2D eigenvalue weighted by atomic mass is 35.5. The average molecular weight is 273 g/mol. The van der Waals surface area contributed by atoms with Gasteiger partial charge in [-0.05, 0) is 12.1 Å². The molecule has 0 unspecified atom stereocenters. The second-order valence-electron chi connectivity index (χ2n) is 3.30. The first-order valence-electron chi connectivity index (χ1n) is 4.84. The lowest BCUT2D eigenvalue weighted by atomic mass is 10.2. The maximum atomic E-state index is 10.5. The number of anilines is 1. The highest BCUT2D eigenvalue weighted by molar-refractivity contribution is 6.43. The Morgan fingerprint density at radius 3 is 2.76 bits per heavy atom. The summed E-state index contributed by atoms with van der Waals surface area (Å²) in [4.78, 5) is 12.1. The maximum Gasteiger partial charge on any atom is 0.305 e. The summed E-state index contributed by atoms with van der Waals surface area (Å²) in [5.74, 6) is -0.925. The Morgan fingerprint density at radius 2 is 2.18 bits per heavy atom. The quantitative estimate of drug-likeness (QED) is 0.838. The van der Waals surface area contributed by atoms with Gasteiger partial charge in [0.05, 0.1) is 28.2 Å². The van der Waals surface area contributed by atoms with E-state index in [9.17, 15) is 4.79 Å². The molecule has 0 radical (unpaired) electrons. The number of benzene rings is 1. The molecule has 0 atom stereocenters. The molecule has 0 bridgehead atoms. The van der Waals surface area contributed by atoms with Crippen LogP contribution < -0.4 is 4.90 Å². The fourth-order valence-electron chi connectivity index (χ4n) is 1.34. The van der Waals surface area contributed by atoms with Gasteiger partial charge in [0, 0.05) is 6.54 Å². The molecule has 0 amide bonds. The molecular formula is C11H10Cl2N2O2. The van der Waals surface area contributed by atoms with E-state index >= 15 is 0 Å². The van der Waals surface area contributed by atoms with Gasteiger partial charge in [-0.3, -0.25) is 4.79 Å². The van der Waals surface area contributed by atoms with Crippen LogP contribution in [-0.2, 0) is 4.79 Å². The van der Waals surface area contributed by atoms with Crippen molar-refractivity contribution < 1.29 is 9.90 Å². The molecule has 6 heteroatoms. The first-order chi connectivity index (χ1) is 8.06. The van der Waals surface area contributed by atoms with Crippen LogP contribution in [0.5, 0.6) is 0 Å². The lowest BCUT2D eigenvalue weighted by Crippen LogP contribution is -2.26. The van der Waals surface area contributed by atoms with Gasteiger partial charge >= 0.3 is 5.97 Å². The van der Waals surface area contributed by atoms with Gasteiger partial charge in [0.25, 0.3) is 0 Å². The molecule has 1 aromatic carbocycles. The molecule has 0 spiro atoms. The van der Waals surface area contributed by atoms with Gasteiger partial charge in [0.15, 0.2) is 0 Å². The summed E-state index contributed by atoms with van der Waals surface area (Å²) in [6, 6.07) is 7.01. The van der Waals surface area contributed by atoms with E-state index in [4.69, 9.17) is 33.6 Å². The van der Waals surface area contributed by atoms with Crippen molar-refractivity contribution in [1.29, 1.82) is 5.26 Å². The predicted octanol–water partition coefficient (Wildman–Crippen LogP) is 2.80. The normalized spacial score (nSPS) is 9.71. The van der Waals surface area contributed by atoms with Gasteiger partial charge in [-0.15, -0.1) is 0 Å². The largest absolute Gasteiger partial charge is 0.481 e. The van der Waals surface area contributed by atoms with E-state index in [0.717, 1.165) is 0 Å². The van der Waals surface area contributed by atoms with Crippen molar-refractivity contribution in [2.75, 3.05) is 18.0 Å². The monoisotopic (exact) mass is 272 g/mol. The van der Waals surface area contributed by atoms with Gasteiger partial charge in [0.1, 0.15) is 6.54 Å². The minimum atomic E-state index is -0.925. The molecule has 90 valence electrons. The highest BCUT2D eigenvalue weighted by Crippen LogP contribution is 2.32. The summed E-state index contributed by atoms with van der Waals surface area (Å²) in [5.41, 5.74) is 0.571. The predicted molar refractivity (Wildman–Crippen MR) is 66.5 cm³/mol. The molecule has 0 saturated carbocycles. The average Bonchev–Trinajstić information content (AvgIpc) is 2.28. The minimum absolute atomic E-state index is 0.0628. The number of hydrogen-bond donors (Lipinski definition) is 1. The topological polar surface area (TPSA) is 64.3 Å². The van der Waals surface area contributed by atoms with E-state index in [2.05, 4.69) is 0 Å². The molecule has 0 aliphatic heterocycles. The number of halogens is 2. The third kappa shape index (κ3) is 3.81. The summed E-state index contributed by atoms with van der Waals surface area (Å²) < 4.78 is 0. The molecule has 0 heterocycles. The van der Waals surface area contributed by atoms with Crippen molar-refractivity contribution in [3.63, 3.8) is 0 Å². The molecule has 0 fully saturated rings. The SMILES string of the molecule is N#CCN(CCC(=O)O)c1cccc(Cl)c1Cl.